The molecule has 0 radical (unpaired) electrons. The van der Waals surface area contributed by atoms with Crippen LogP contribution in [0.4, 0.5) is 9.52 Å². The molecule has 0 aliphatic carbocycles. The first-order chi connectivity index (χ1) is 11.5. The fourth-order valence-corrected chi connectivity index (χ4v) is 3.45. The maximum atomic E-state index is 13.0. The molecule has 24 heavy (non-hydrogen) atoms. The Labute approximate surface area is 155 Å². The first kappa shape index (κ1) is 17.1. The van der Waals surface area contributed by atoms with Crippen molar-refractivity contribution in [3.05, 3.63) is 80.0 Å². The SMILES string of the molecule is O=C(Nc1ncc(Cc2ccc(Br)cc2)s1)c1ccc(F)cc1Cl. The second kappa shape index (κ2) is 7.42. The molecule has 3 nitrogen and oxygen atoms in total. The number of nitrogens with zero attached hydrogens (tertiary/aromatic N) is 1. The smallest absolute Gasteiger partial charge is 0.258 e. The van der Waals surface area contributed by atoms with Gasteiger partial charge in [0, 0.05) is 22.0 Å². The van der Waals surface area contributed by atoms with Crippen LogP contribution in [0.1, 0.15) is 20.8 Å². The Morgan fingerprint density at radius 2 is 2.00 bits per heavy atom. The average molecular weight is 426 g/mol. The Morgan fingerprint density at radius 3 is 2.71 bits per heavy atom. The number of hydrogen-bond donors (Lipinski definition) is 1. The molecule has 3 aromatic rings. The molecule has 1 aromatic heterocycles. The quantitative estimate of drug-likeness (QED) is 0.596. The lowest BCUT2D eigenvalue weighted by molar-refractivity contribution is 0.102. The van der Waals surface area contributed by atoms with Crippen LogP contribution in [-0.4, -0.2) is 10.9 Å². The maximum absolute atomic E-state index is 13.0. The molecule has 0 aliphatic rings. The van der Waals surface area contributed by atoms with Crippen LogP contribution in [-0.2, 0) is 6.42 Å². The van der Waals surface area contributed by atoms with Crippen LogP contribution in [0.15, 0.2) is 53.1 Å². The largest absolute Gasteiger partial charge is 0.298 e. The van der Waals surface area contributed by atoms with Gasteiger partial charge >= 0.3 is 0 Å². The number of aromatic nitrogens is 1. The summed E-state index contributed by atoms with van der Waals surface area (Å²) in [7, 11) is 0. The molecular weight excluding hydrogens is 415 g/mol. The molecule has 1 N–H and O–H groups in total. The third-order valence-electron chi connectivity index (χ3n) is 3.24. The number of halogens is 3. The Balaban J connectivity index is 1.69. The molecule has 0 unspecified atom stereocenters. The predicted octanol–water partition coefficient (Wildman–Crippen LogP) is 5.54. The number of anilines is 1. The molecule has 0 atom stereocenters. The van der Waals surface area contributed by atoms with Crippen molar-refractivity contribution in [2.24, 2.45) is 0 Å². The van der Waals surface area contributed by atoms with E-state index in [4.69, 9.17) is 11.6 Å². The monoisotopic (exact) mass is 424 g/mol. The van der Waals surface area contributed by atoms with Gasteiger partial charge in [0.25, 0.3) is 5.91 Å². The number of nitrogens with one attached hydrogen (secondary N) is 1. The summed E-state index contributed by atoms with van der Waals surface area (Å²) in [5, 5.41) is 3.24. The summed E-state index contributed by atoms with van der Waals surface area (Å²) in [5.41, 5.74) is 1.36. The Hall–Kier alpha value is -1.76. The standard InChI is InChI=1S/C17H11BrClFN2OS/c18-11-3-1-10(2-4-11)7-13-9-21-17(24-13)22-16(23)14-6-5-12(20)8-15(14)19/h1-6,8-9H,7H2,(H,21,22,23). The first-order valence-corrected chi connectivity index (χ1v) is 8.95. The van der Waals surface area contributed by atoms with Gasteiger partial charge in [-0.15, -0.1) is 11.3 Å². The Morgan fingerprint density at radius 1 is 1.25 bits per heavy atom. The molecule has 0 bridgehead atoms. The first-order valence-electron chi connectivity index (χ1n) is 6.97. The van der Waals surface area contributed by atoms with Crippen LogP contribution in [0.2, 0.25) is 5.02 Å². The van der Waals surface area contributed by atoms with E-state index in [2.05, 4.69) is 26.2 Å². The van der Waals surface area contributed by atoms with E-state index in [0.29, 0.717) is 5.13 Å². The molecular formula is C17H11BrClFN2OS. The van der Waals surface area contributed by atoms with Gasteiger partial charge in [0.15, 0.2) is 5.13 Å². The molecule has 0 aliphatic heterocycles. The summed E-state index contributed by atoms with van der Waals surface area (Å²) in [6.45, 7) is 0. The molecule has 0 saturated carbocycles. The third-order valence-corrected chi connectivity index (χ3v) is 5.00. The van der Waals surface area contributed by atoms with Gasteiger partial charge in [0.05, 0.1) is 10.6 Å². The predicted molar refractivity (Wildman–Crippen MR) is 98.4 cm³/mol. The second-order valence-corrected chi connectivity index (χ2v) is 7.45. The van der Waals surface area contributed by atoms with Crippen LogP contribution in [0, 0.1) is 5.82 Å². The van der Waals surface area contributed by atoms with Crippen LogP contribution in [0.5, 0.6) is 0 Å². The fourth-order valence-electron chi connectivity index (χ4n) is 2.09. The third kappa shape index (κ3) is 4.20. The van der Waals surface area contributed by atoms with Crippen LogP contribution in [0.25, 0.3) is 0 Å². The van der Waals surface area contributed by atoms with Gasteiger partial charge in [-0.3, -0.25) is 10.1 Å². The number of hydrogen-bond acceptors (Lipinski definition) is 3. The topological polar surface area (TPSA) is 42.0 Å². The highest BCUT2D eigenvalue weighted by molar-refractivity contribution is 9.10. The molecule has 122 valence electrons. The second-order valence-electron chi connectivity index (χ2n) is 5.01. The number of benzene rings is 2. The molecule has 3 rings (SSSR count). The molecule has 2 aromatic carbocycles. The van der Waals surface area contributed by atoms with E-state index in [0.717, 1.165) is 27.4 Å². The van der Waals surface area contributed by atoms with Gasteiger partial charge in [0.1, 0.15) is 5.82 Å². The lowest BCUT2D eigenvalue weighted by Gasteiger charge is -2.03. The van der Waals surface area contributed by atoms with Crippen LogP contribution >= 0.6 is 38.9 Å². The van der Waals surface area contributed by atoms with Crippen molar-refractivity contribution in [3.8, 4) is 0 Å². The van der Waals surface area contributed by atoms with Gasteiger partial charge < -0.3 is 0 Å². The Bertz CT molecular complexity index is 883. The zero-order chi connectivity index (χ0) is 17.1. The number of carbonyl (C=O) groups excluding carboxylic acids is 1. The summed E-state index contributed by atoms with van der Waals surface area (Å²) in [4.78, 5) is 17.4. The highest BCUT2D eigenvalue weighted by atomic mass is 79.9. The van der Waals surface area contributed by atoms with Crippen molar-refractivity contribution < 1.29 is 9.18 Å². The average Bonchev–Trinajstić information content (AvgIpc) is 2.96. The lowest BCUT2D eigenvalue weighted by atomic mass is 10.1. The lowest BCUT2D eigenvalue weighted by Crippen LogP contribution is -2.12. The van der Waals surface area contributed by atoms with E-state index in [-0.39, 0.29) is 10.6 Å². The number of thiazole rings is 1. The minimum absolute atomic E-state index is 0.0687. The molecule has 1 amide bonds. The summed E-state index contributed by atoms with van der Waals surface area (Å²) >= 11 is 10.7. The van der Waals surface area contributed by atoms with Crippen molar-refractivity contribution in [2.75, 3.05) is 5.32 Å². The van der Waals surface area contributed by atoms with Crippen LogP contribution in [0.3, 0.4) is 0 Å². The van der Waals surface area contributed by atoms with Crippen molar-refractivity contribution in [3.63, 3.8) is 0 Å². The molecule has 1 heterocycles. The molecule has 7 heteroatoms. The number of rotatable bonds is 4. The number of amides is 1. The normalized spacial score (nSPS) is 10.6. The van der Waals surface area contributed by atoms with E-state index in [1.54, 1.807) is 6.20 Å². The highest BCUT2D eigenvalue weighted by Crippen LogP contribution is 2.24. The summed E-state index contributed by atoms with van der Waals surface area (Å²) in [6.07, 6.45) is 2.46. The van der Waals surface area contributed by atoms with Crippen molar-refractivity contribution in [1.82, 2.24) is 4.98 Å². The van der Waals surface area contributed by atoms with Crippen molar-refractivity contribution in [1.29, 1.82) is 0 Å². The maximum Gasteiger partial charge on any atom is 0.258 e. The van der Waals surface area contributed by atoms with Gasteiger partial charge in [0.2, 0.25) is 0 Å². The summed E-state index contributed by atoms with van der Waals surface area (Å²) in [6, 6.07) is 11.7. The zero-order valence-corrected chi connectivity index (χ0v) is 15.4. The molecule has 0 saturated heterocycles. The molecule has 0 spiro atoms. The Kier molecular flexibility index (Phi) is 5.28. The van der Waals surface area contributed by atoms with E-state index in [1.807, 2.05) is 24.3 Å². The van der Waals surface area contributed by atoms with E-state index < -0.39 is 11.7 Å². The fraction of sp³-hybridized carbons (Fsp3) is 0.0588. The van der Waals surface area contributed by atoms with Crippen molar-refractivity contribution in [2.45, 2.75) is 6.42 Å². The minimum atomic E-state index is -0.484. The van der Waals surface area contributed by atoms with E-state index >= 15 is 0 Å². The summed E-state index contributed by atoms with van der Waals surface area (Å²) < 4.78 is 14.1. The van der Waals surface area contributed by atoms with E-state index in [1.165, 1.54) is 23.5 Å². The zero-order valence-electron chi connectivity index (χ0n) is 12.2. The minimum Gasteiger partial charge on any atom is -0.298 e. The summed E-state index contributed by atoms with van der Waals surface area (Å²) in [5.74, 6) is -0.896. The van der Waals surface area contributed by atoms with Crippen molar-refractivity contribution >= 4 is 49.9 Å². The van der Waals surface area contributed by atoms with Gasteiger partial charge in [-0.25, -0.2) is 9.37 Å². The van der Waals surface area contributed by atoms with Gasteiger partial charge in [-0.05, 0) is 35.9 Å². The number of carbonyl (C=O) groups is 1. The van der Waals surface area contributed by atoms with E-state index in [9.17, 15) is 9.18 Å². The highest BCUT2D eigenvalue weighted by Gasteiger charge is 2.13. The van der Waals surface area contributed by atoms with Gasteiger partial charge in [-0.2, -0.15) is 0 Å². The van der Waals surface area contributed by atoms with Gasteiger partial charge in [-0.1, -0.05) is 39.7 Å². The molecule has 0 fully saturated rings. The van der Waals surface area contributed by atoms with Crippen LogP contribution < -0.4 is 5.32 Å².